The van der Waals surface area contributed by atoms with E-state index in [-0.39, 0.29) is 5.91 Å². The number of amides is 1. The second-order valence-electron chi connectivity index (χ2n) is 6.93. The molecule has 0 spiro atoms. The van der Waals surface area contributed by atoms with Crippen LogP contribution in [0.5, 0.6) is 0 Å². The zero-order valence-electron chi connectivity index (χ0n) is 16.6. The SMILES string of the molecule is CN(C)CCCNC(=S)NNC(=O)c1cc(-c2ccccc2)nc2ccccc12. The molecule has 0 fully saturated rings. The van der Waals surface area contributed by atoms with Gasteiger partial charge in [-0.05, 0) is 51.4 Å². The molecule has 2 aromatic carbocycles. The number of carbonyl (C=O) groups is 1. The quantitative estimate of drug-likeness (QED) is 0.332. The fourth-order valence-electron chi connectivity index (χ4n) is 2.94. The monoisotopic (exact) mass is 407 g/mol. The second kappa shape index (κ2) is 9.95. The van der Waals surface area contributed by atoms with Gasteiger partial charge in [0.1, 0.15) is 0 Å². The maximum absolute atomic E-state index is 12.9. The van der Waals surface area contributed by atoms with Crippen molar-refractivity contribution in [2.75, 3.05) is 27.2 Å². The molecule has 1 amide bonds. The molecule has 0 aliphatic rings. The lowest BCUT2D eigenvalue weighted by atomic mass is 10.0. The highest BCUT2D eigenvalue weighted by molar-refractivity contribution is 7.80. The molecule has 3 aromatic rings. The molecule has 0 saturated heterocycles. The van der Waals surface area contributed by atoms with E-state index >= 15 is 0 Å². The Morgan fingerprint density at radius 1 is 1.03 bits per heavy atom. The first-order valence-electron chi connectivity index (χ1n) is 9.49. The van der Waals surface area contributed by atoms with Crippen LogP contribution >= 0.6 is 12.2 Å². The topological polar surface area (TPSA) is 69.3 Å². The summed E-state index contributed by atoms with van der Waals surface area (Å²) in [6.07, 6.45) is 0.957. The minimum atomic E-state index is -0.266. The van der Waals surface area contributed by atoms with Gasteiger partial charge in [-0.3, -0.25) is 15.6 Å². The minimum Gasteiger partial charge on any atom is -0.361 e. The van der Waals surface area contributed by atoms with Gasteiger partial charge < -0.3 is 10.2 Å². The van der Waals surface area contributed by atoms with Gasteiger partial charge in [0.05, 0.1) is 16.8 Å². The van der Waals surface area contributed by atoms with Gasteiger partial charge in [-0.15, -0.1) is 0 Å². The lowest BCUT2D eigenvalue weighted by molar-refractivity contribution is 0.0945. The van der Waals surface area contributed by atoms with Crippen molar-refractivity contribution in [1.29, 1.82) is 0 Å². The molecule has 0 aliphatic heterocycles. The summed E-state index contributed by atoms with van der Waals surface area (Å²) in [5.41, 5.74) is 8.48. The minimum absolute atomic E-state index is 0.266. The second-order valence-corrected chi connectivity index (χ2v) is 7.34. The number of aromatic nitrogens is 1. The van der Waals surface area contributed by atoms with Crippen molar-refractivity contribution < 1.29 is 4.79 Å². The molecule has 1 heterocycles. The smallest absolute Gasteiger partial charge is 0.270 e. The third-order valence-electron chi connectivity index (χ3n) is 4.39. The Labute approximate surface area is 176 Å². The Hall–Kier alpha value is -3.03. The third-order valence-corrected chi connectivity index (χ3v) is 4.63. The van der Waals surface area contributed by atoms with E-state index in [1.165, 1.54) is 0 Å². The Balaban J connectivity index is 1.73. The molecule has 150 valence electrons. The molecule has 7 heteroatoms. The predicted octanol–water partition coefficient (Wildman–Crippen LogP) is 2.96. The van der Waals surface area contributed by atoms with Gasteiger partial charge in [0.25, 0.3) is 5.91 Å². The first kappa shape index (κ1) is 20.7. The normalized spacial score (nSPS) is 10.7. The van der Waals surface area contributed by atoms with Crippen molar-refractivity contribution in [2.24, 2.45) is 0 Å². The number of para-hydroxylation sites is 1. The molecular formula is C22H25N5OS. The van der Waals surface area contributed by atoms with E-state index < -0.39 is 0 Å². The zero-order chi connectivity index (χ0) is 20.6. The van der Waals surface area contributed by atoms with Crippen LogP contribution in [0.3, 0.4) is 0 Å². The number of carbonyl (C=O) groups excluding carboxylic acids is 1. The zero-order valence-corrected chi connectivity index (χ0v) is 17.4. The summed E-state index contributed by atoms with van der Waals surface area (Å²) in [7, 11) is 4.05. The van der Waals surface area contributed by atoms with Crippen LogP contribution in [-0.4, -0.2) is 48.1 Å². The number of benzene rings is 2. The summed E-state index contributed by atoms with van der Waals surface area (Å²) < 4.78 is 0. The molecule has 0 aliphatic carbocycles. The van der Waals surface area contributed by atoms with E-state index in [2.05, 4.69) is 21.1 Å². The number of hydrogen-bond acceptors (Lipinski definition) is 4. The molecule has 3 rings (SSSR count). The van der Waals surface area contributed by atoms with E-state index in [1.54, 1.807) is 0 Å². The number of rotatable bonds is 6. The van der Waals surface area contributed by atoms with Gasteiger partial charge in [0, 0.05) is 17.5 Å². The predicted molar refractivity (Wildman–Crippen MR) is 122 cm³/mol. The van der Waals surface area contributed by atoms with Crippen molar-refractivity contribution in [3.05, 3.63) is 66.2 Å². The Morgan fingerprint density at radius 3 is 2.52 bits per heavy atom. The number of fused-ring (bicyclic) bond motifs is 1. The number of nitrogens with one attached hydrogen (secondary N) is 3. The van der Waals surface area contributed by atoms with E-state index in [4.69, 9.17) is 17.2 Å². The first-order valence-corrected chi connectivity index (χ1v) is 9.89. The van der Waals surface area contributed by atoms with Gasteiger partial charge in [0.2, 0.25) is 0 Å². The average molecular weight is 408 g/mol. The third kappa shape index (κ3) is 5.73. The van der Waals surface area contributed by atoms with Crippen molar-refractivity contribution in [1.82, 2.24) is 26.1 Å². The van der Waals surface area contributed by atoms with Crippen LogP contribution in [0.2, 0.25) is 0 Å². The maximum Gasteiger partial charge on any atom is 0.270 e. The fourth-order valence-corrected chi connectivity index (χ4v) is 3.10. The summed E-state index contributed by atoms with van der Waals surface area (Å²) in [4.78, 5) is 19.7. The highest BCUT2D eigenvalue weighted by Gasteiger charge is 2.14. The summed E-state index contributed by atoms with van der Waals surface area (Å²) in [5.74, 6) is -0.266. The van der Waals surface area contributed by atoms with Crippen molar-refractivity contribution in [3.63, 3.8) is 0 Å². The molecule has 3 N–H and O–H groups in total. The Kier molecular flexibility index (Phi) is 7.10. The molecule has 0 saturated carbocycles. The highest BCUT2D eigenvalue weighted by atomic mass is 32.1. The summed E-state index contributed by atoms with van der Waals surface area (Å²) in [6, 6.07) is 19.2. The van der Waals surface area contributed by atoms with Gasteiger partial charge in [-0.2, -0.15) is 0 Å². The van der Waals surface area contributed by atoms with Gasteiger partial charge in [-0.1, -0.05) is 48.5 Å². The van der Waals surface area contributed by atoms with Crippen molar-refractivity contribution in [3.8, 4) is 11.3 Å². The standard InChI is InChI=1S/C22H25N5OS/c1-27(2)14-8-13-23-22(29)26-25-21(28)18-15-20(16-9-4-3-5-10-16)24-19-12-7-6-11-17(18)19/h3-7,9-12,15H,8,13-14H2,1-2H3,(H,25,28)(H2,23,26,29). The average Bonchev–Trinajstić information content (AvgIpc) is 2.74. The molecule has 6 nitrogen and oxygen atoms in total. The lowest BCUT2D eigenvalue weighted by Gasteiger charge is -2.14. The number of hydrogen-bond donors (Lipinski definition) is 3. The van der Waals surface area contributed by atoms with Gasteiger partial charge in [-0.25, -0.2) is 4.98 Å². The van der Waals surface area contributed by atoms with Gasteiger partial charge in [0.15, 0.2) is 5.11 Å². The van der Waals surface area contributed by atoms with Crippen LogP contribution in [0.25, 0.3) is 22.2 Å². The van der Waals surface area contributed by atoms with E-state index in [1.807, 2.05) is 74.8 Å². The summed E-state index contributed by atoms with van der Waals surface area (Å²) in [5, 5.41) is 4.26. The fraction of sp³-hybridized carbons (Fsp3) is 0.227. The Morgan fingerprint density at radius 2 is 1.76 bits per heavy atom. The Bertz CT molecular complexity index is 991. The molecule has 0 bridgehead atoms. The largest absolute Gasteiger partial charge is 0.361 e. The molecule has 0 unspecified atom stereocenters. The maximum atomic E-state index is 12.9. The molecule has 0 atom stereocenters. The van der Waals surface area contributed by atoms with Crippen LogP contribution in [0.15, 0.2) is 60.7 Å². The van der Waals surface area contributed by atoms with Gasteiger partial charge >= 0.3 is 0 Å². The first-order chi connectivity index (χ1) is 14.0. The van der Waals surface area contributed by atoms with Crippen LogP contribution in [0.1, 0.15) is 16.8 Å². The number of hydrazine groups is 1. The van der Waals surface area contributed by atoms with E-state index in [0.717, 1.165) is 41.7 Å². The summed E-state index contributed by atoms with van der Waals surface area (Å²) >= 11 is 5.24. The number of pyridine rings is 1. The number of nitrogens with zero attached hydrogens (tertiary/aromatic N) is 2. The molecule has 1 aromatic heterocycles. The van der Waals surface area contributed by atoms with Crippen molar-refractivity contribution >= 4 is 34.1 Å². The highest BCUT2D eigenvalue weighted by Crippen LogP contribution is 2.24. The van der Waals surface area contributed by atoms with Crippen molar-refractivity contribution in [2.45, 2.75) is 6.42 Å². The molecule has 0 radical (unpaired) electrons. The molecule has 29 heavy (non-hydrogen) atoms. The summed E-state index contributed by atoms with van der Waals surface area (Å²) in [6.45, 7) is 1.70. The van der Waals surface area contributed by atoms with Crippen LogP contribution in [0.4, 0.5) is 0 Å². The molecular weight excluding hydrogens is 382 g/mol. The lowest BCUT2D eigenvalue weighted by Crippen LogP contribution is -2.47. The van der Waals surface area contributed by atoms with E-state index in [0.29, 0.717) is 10.7 Å². The number of thiocarbonyl (C=S) groups is 1. The van der Waals surface area contributed by atoms with Crippen LogP contribution in [-0.2, 0) is 0 Å². The van der Waals surface area contributed by atoms with Crippen LogP contribution in [0, 0.1) is 0 Å². The van der Waals surface area contributed by atoms with E-state index in [9.17, 15) is 4.79 Å². The van der Waals surface area contributed by atoms with Crippen LogP contribution < -0.4 is 16.2 Å².